The van der Waals surface area contributed by atoms with E-state index in [1.165, 1.54) is 12.8 Å². The SMILES string of the molecule is N#Cc1ccccc1NCCC(=O)N1CCCCCC1. The van der Waals surface area contributed by atoms with Crippen LogP contribution < -0.4 is 5.32 Å². The Bertz CT molecular complexity index is 485. The Morgan fingerprint density at radius 2 is 1.90 bits per heavy atom. The highest BCUT2D eigenvalue weighted by molar-refractivity contribution is 5.76. The number of rotatable bonds is 4. The maximum Gasteiger partial charge on any atom is 0.224 e. The lowest BCUT2D eigenvalue weighted by Gasteiger charge is -2.20. The van der Waals surface area contributed by atoms with Gasteiger partial charge in [0.05, 0.1) is 11.3 Å². The molecule has 0 aromatic heterocycles. The topological polar surface area (TPSA) is 56.1 Å². The zero-order valence-electron chi connectivity index (χ0n) is 11.8. The van der Waals surface area contributed by atoms with E-state index >= 15 is 0 Å². The highest BCUT2D eigenvalue weighted by Crippen LogP contribution is 2.14. The molecule has 0 atom stereocenters. The Kier molecular flexibility index (Phi) is 5.43. The van der Waals surface area contributed by atoms with Crippen molar-refractivity contribution in [2.45, 2.75) is 32.1 Å². The predicted molar refractivity (Wildman–Crippen MR) is 79.3 cm³/mol. The maximum absolute atomic E-state index is 12.1. The summed E-state index contributed by atoms with van der Waals surface area (Å²) in [7, 11) is 0. The van der Waals surface area contributed by atoms with E-state index < -0.39 is 0 Å². The third-order valence-corrected chi connectivity index (χ3v) is 3.66. The van der Waals surface area contributed by atoms with Crippen molar-refractivity contribution >= 4 is 11.6 Å². The highest BCUT2D eigenvalue weighted by Gasteiger charge is 2.14. The van der Waals surface area contributed by atoms with E-state index in [9.17, 15) is 4.79 Å². The monoisotopic (exact) mass is 271 g/mol. The molecule has 0 unspecified atom stereocenters. The number of likely N-dealkylation sites (tertiary alicyclic amines) is 1. The largest absolute Gasteiger partial charge is 0.383 e. The summed E-state index contributed by atoms with van der Waals surface area (Å²) in [6, 6.07) is 9.52. The van der Waals surface area contributed by atoms with E-state index in [-0.39, 0.29) is 5.91 Å². The fourth-order valence-electron chi connectivity index (χ4n) is 2.52. The minimum Gasteiger partial charge on any atom is -0.383 e. The van der Waals surface area contributed by atoms with Gasteiger partial charge in [0, 0.05) is 26.1 Å². The molecule has 1 aliphatic rings. The zero-order chi connectivity index (χ0) is 14.2. The minimum atomic E-state index is 0.217. The summed E-state index contributed by atoms with van der Waals surface area (Å²) >= 11 is 0. The number of amides is 1. The average Bonchev–Trinajstić information content (AvgIpc) is 2.77. The summed E-state index contributed by atoms with van der Waals surface area (Å²) in [5, 5.41) is 12.2. The summed E-state index contributed by atoms with van der Waals surface area (Å²) < 4.78 is 0. The fourth-order valence-corrected chi connectivity index (χ4v) is 2.52. The number of anilines is 1. The van der Waals surface area contributed by atoms with Crippen LogP contribution in [0.3, 0.4) is 0 Å². The third-order valence-electron chi connectivity index (χ3n) is 3.66. The van der Waals surface area contributed by atoms with Crippen molar-refractivity contribution in [2.75, 3.05) is 25.0 Å². The quantitative estimate of drug-likeness (QED) is 0.916. The number of nitriles is 1. The van der Waals surface area contributed by atoms with Crippen LogP contribution in [0.1, 0.15) is 37.7 Å². The molecule has 0 bridgehead atoms. The lowest BCUT2D eigenvalue weighted by molar-refractivity contribution is -0.130. The smallest absolute Gasteiger partial charge is 0.224 e. The van der Waals surface area contributed by atoms with E-state index in [0.29, 0.717) is 18.5 Å². The number of hydrogen-bond acceptors (Lipinski definition) is 3. The molecule has 20 heavy (non-hydrogen) atoms. The molecule has 0 spiro atoms. The molecule has 2 rings (SSSR count). The van der Waals surface area contributed by atoms with Crippen LogP contribution in [0.2, 0.25) is 0 Å². The van der Waals surface area contributed by atoms with Crippen molar-refractivity contribution in [3.63, 3.8) is 0 Å². The number of carbonyl (C=O) groups is 1. The summed E-state index contributed by atoms with van der Waals surface area (Å²) in [4.78, 5) is 14.1. The van der Waals surface area contributed by atoms with Crippen molar-refractivity contribution in [3.8, 4) is 6.07 Å². The van der Waals surface area contributed by atoms with Crippen LogP contribution in [0, 0.1) is 11.3 Å². The van der Waals surface area contributed by atoms with Crippen LogP contribution >= 0.6 is 0 Å². The standard InChI is InChI=1S/C16H21N3O/c17-13-14-7-3-4-8-15(14)18-10-9-16(20)19-11-5-1-2-6-12-19/h3-4,7-8,18H,1-2,5-6,9-12H2. The van der Waals surface area contributed by atoms with Gasteiger partial charge in [0.15, 0.2) is 0 Å². The van der Waals surface area contributed by atoms with Gasteiger partial charge in [0.1, 0.15) is 6.07 Å². The first-order chi connectivity index (χ1) is 9.81. The van der Waals surface area contributed by atoms with E-state index in [4.69, 9.17) is 5.26 Å². The molecular formula is C16H21N3O. The van der Waals surface area contributed by atoms with Crippen molar-refractivity contribution in [1.82, 2.24) is 4.90 Å². The van der Waals surface area contributed by atoms with Crippen molar-refractivity contribution < 1.29 is 4.79 Å². The molecule has 1 fully saturated rings. The first-order valence-corrected chi connectivity index (χ1v) is 7.32. The average molecular weight is 271 g/mol. The molecular weight excluding hydrogens is 250 g/mol. The first kappa shape index (κ1) is 14.4. The summed E-state index contributed by atoms with van der Waals surface area (Å²) in [5.74, 6) is 0.217. The number of benzene rings is 1. The van der Waals surface area contributed by atoms with E-state index in [2.05, 4.69) is 11.4 Å². The van der Waals surface area contributed by atoms with Crippen molar-refractivity contribution in [1.29, 1.82) is 5.26 Å². The van der Waals surface area contributed by atoms with Gasteiger partial charge >= 0.3 is 0 Å². The van der Waals surface area contributed by atoms with E-state index in [1.54, 1.807) is 6.07 Å². The van der Waals surface area contributed by atoms with Gasteiger partial charge in [-0.15, -0.1) is 0 Å². The zero-order valence-corrected chi connectivity index (χ0v) is 11.8. The molecule has 1 aromatic carbocycles. The molecule has 4 nitrogen and oxygen atoms in total. The molecule has 0 saturated carbocycles. The molecule has 106 valence electrons. The minimum absolute atomic E-state index is 0.217. The number of nitrogens with zero attached hydrogens (tertiary/aromatic N) is 2. The number of para-hydroxylation sites is 1. The van der Waals surface area contributed by atoms with Crippen molar-refractivity contribution in [2.24, 2.45) is 0 Å². The van der Waals surface area contributed by atoms with Gasteiger partial charge in [-0.3, -0.25) is 4.79 Å². The first-order valence-electron chi connectivity index (χ1n) is 7.32. The number of carbonyl (C=O) groups excluding carboxylic acids is 1. The number of hydrogen-bond donors (Lipinski definition) is 1. The molecule has 1 N–H and O–H groups in total. The van der Waals surface area contributed by atoms with Gasteiger partial charge in [-0.1, -0.05) is 25.0 Å². The van der Waals surface area contributed by atoms with E-state index in [1.807, 2.05) is 23.1 Å². The Balaban J connectivity index is 1.80. The third kappa shape index (κ3) is 3.99. The molecule has 1 amide bonds. The Morgan fingerprint density at radius 1 is 1.20 bits per heavy atom. The van der Waals surface area contributed by atoms with Crippen LogP contribution in [0.25, 0.3) is 0 Å². The summed E-state index contributed by atoms with van der Waals surface area (Å²) in [6.07, 6.45) is 5.20. The van der Waals surface area contributed by atoms with Gasteiger partial charge in [-0.25, -0.2) is 0 Å². The Morgan fingerprint density at radius 3 is 2.60 bits per heavy atom. The lowest BCUT2D eigenvalue weighted by atomic mass is 10.2. The van der Waals surface area contributed by atoms with Crippen LogP contribution in [-0.4, -0.2) is 30.4 Å². The molecule has 4 heteroatoms. The molecule has 1 saturated heterocycles. The lowest BCUT2D eigenvalue weighted by Crippen LogP contribution is -2.32. The predicted octanol–water partition coefficient (Wildman–Crippen LogP) is 2.76. The molecule has 1 aromatic rings. The highest BCUT2D eigenvalue weighted by atomic mass is 16.2. The second kappa shape index (κ2) is 7.54. The van der Waals surface area contributed by atoms with Gasteiger partial charge in [0.25, 0.3) is 0 Å². The Labute approximate surface area is 120 Å². The van der Waals surface area contributed by atoms with Gasteiger partial charge in [-0.2, -0.15) is 5.26 Å². The molecule has 1 heterocycles. The van der Waals surface area contributed by atoms with Crippen LogP contribution in [-0.2, 0) is 4.79 Å². The summed E-state index contributed by atoms with van der Waals surface area (Å²) in [5.41, 5.74) is 1.42. The normalized spacial score (nSPS) is 15.2. The van der Waals surface area contributed by atoms with Gasteiger partial charge < -0.3 is 10.2 Å². The fraction of sp³-hybridized carbons (Fsp3) is 0.500. The van der Waals surface area contributed by atoms with Gasteiger partial charge in [-0.05, 0) is 25.0 Å². The second-order valence-corrected chi connectivity index (χ2v) is 5.13. The Hall–Kier alpha value is -2.02. The maximum atomic E-state index is 12.1. The van der Waals surface area contributed by atoms with Crippen LogP contribution in [0.5, 0.6) is 0 Å². The molecule has 0 radical (unpaired) electrons. The molecule has 0 aliphatic carbocycles. The van der Waals surface area contributed by atoms with E-state index in [0.717, 1.165) is 31.6 Å². The molecule has 1 aliphatic heterocycles. The number of nitrogens with one attached hydrogen (secondary N) is 1. The van der Waals surface area contributed by atoms with Crippen molar-refractivity contribution in [3.05, 3.63) is 29.8 Å². The second-order valence-electron chi connectivity index (χ2n) is 5.13. The van der Waals surface area contributed by atoms with Crippen LogP contribution in [0.4, 0.5) is 5.69 Å². The van der Waals surface area contributed by atoms with Gasteiger partial charge in [0.2, 0.25) is 5.91 Å². The summed E-state index contributed by atoms with van der Waals surface area (Å²) in [6.45, 7) is 2.37. The van der Waals surface area contributed by atoms with Crippen LogP contribution in [0.15, 0.2) is 24.3 Å².